The maximum atomic E-state index is 5.65. The molecule has 1 atom stereocenters. The van der Waals surface area contributed by atoms with Gasteiger partial charge in [0.1, 0.15) is 0 Å². The lowest BCUT2D eigenvalue weighted by molar-refractivity contribution is 0.193. The number of thiophene rings is 1. The fourth-order valence-electron chi connectivity index (χ4n) is 3.36. The average Bonchev–Trinajstić information content (AvgIpc) is 3.19. The van der Waals surface area contributed by atoms with Gasteiger partial charge in [-0.2, -0.15) is 0 Å². The summed E-state index contributed by atoms with van der Waals surface area (Å²) in [5.74, 6) is 2.19. The van der Waals surface area contributed by atoms with Crippen molar-refractivity contribution in [2.45, 2.75) is 32.9 Å². The smallest absolute Gasteiger partial charge is 0.195 e. The third kappa shape index (κ3) is 4.97. The minimum Gasteiger partial charge on any atom is -0.493 e. The van der Waals surface area contributed by atoms with E-state index in [0.29, 0.717) is 12.6 Å². The molecular weight excluding hydrogens is 372 g/mol. The molecule has 0 fully saturated rings. The van der Waals surface area contributed by atoms with E-state index in [1.54, 1.807) is 19.0 Å². The number of benzene rings is 1. The second-order valence-electron chi connectivity index (χ2n) is 6.82. The molecule has 1 unspecified atom stereocenters. The number of methoxy groups -OCH3 is 1. The van der Waals surface area contributed by atoms with E-state index in [0.717, 1.165) is 49.2 Å². The van der Waals surface area contributed by atoms with Crippen molar-refractivity contribution < 1.29 is 9.47 Å². The number of aliphatic imine (C=N–C) groups is 1. The number of rotatable bonds is 7. The molecule has 2 aromatic rings. The zero-order valence-corrected chi connectivity index (χ0v) is 17.9. The van der Waals surface area contributed by atoms with Gasteiger partial charge in [-0.15, -0.1) is 11.3 Å². The fourth-order valence-corrected chi connectivity index (χ4v) is 4.25. The van der Waals surface area contributed by atoms with E-state index in [1.807, 2.05) is 36.5 Å². The van der Waals surface area contributed by atoms with Crippen molar-refractivity contribution in [3.8, 4) is 11.5 Å². The van der Waals surface area contributed by atoms with Crippen molar-refractivity contribution in [2.24, 2.45) is 4.99 Å². The number of ether oxygens (including phenoxy) is 2. The molecule has 1 aliphatic rings. The quantitative estimate of drug-likeness (QED) is 0.548. The molecule has 0 aliphatic carbocycles. The molecular formula is C21H30N4O2S. The first-order valence-corrected chi connectivity index (χ1v) is 10.6. The van der Waals surface area contributed by atoms with Crippen molar-refractivity contribution in [3.05, 3.63) is 40.1 Å². The first-order chi connectivity index (χ1) is 13.6. The lowest BCUT2D eigenvalue weighted by Crippen LogP contribution is -2.45. The van der Waals surface area contributed by atoms with E-state index in [4.69, 9.17) is 9.47 Å². The van der Waals surface area contributed by atoms with Crippen LogP contribution in [0.3, 0.4) is 0 Å². The summed E-state index contributed by atoms with van der Waals surface area (Å²) in [4.78, 5) is 8.42. The lowest BCUT2D eigenvalue weighted by Gasteiger charge is -2.32. The van der Waals surface area contributed by atoms with Crippen molar-refractivity contribution >= 4 is 23.0 Å². The summed E-state index contributed by atoms with van der Waals surface area (Å²) in [7, 11) is 3.43. The molecule has 1 aromatic carbocycles. The third-order valence-electron chi connectivity index (χ3n) is 4.98. The minimum atomic E-state index is 0.418. The standard InChI is InChI=1S/C21H30N4O2S/c1-5-27-19-12-17(6-7-18(19)26-4)24-21(22-3)23-13-15(2)25-10-8-20-16(14-25)9-11-28-20/h6-7,9,11-12,15H,5,8,10,13-14H2,1-4H3,(H2,22,23,24). The van der Waals surface area contributed by atoms with Crippen LogP contribution in [0.15, 0.2) is 34.6 Å². The predicted octanol–water partition coefficient (Wildman–Crippen LogP) is 3.59. The number of fused-ring (bicyclic) bond motifs is 1. The Morgan fingerprint density at radius 2 is 2.18 bits per heavy atom. The van der Waals surface area contributed by atoms with Gasteiger partial charge in [0.2, 0.25) is 0 Å². The molecule has 28 heavy (non-hydrogen) atoms. The molecule has 0 saturated carbocycles. The molecule has 2 N–H and O–H groups in total. The van der Waals surface area contributed by atoms with Crippen LogP contribution in [0.25, 0.3) is 0 Å². The van der Waals surface area contributed by atoms with Crippen LogP contribution in [0, 0.1) is 0 Å². The zero-order chi connectivity index (χ0) is 19.9. The topological polar surface area (TPSA) is 58.1 Å². The number of nitrogens with one attached hydrogen (secondary N) is 2. The maximum Gasteiger partial charge on any atom is 0.195 e. The normalized spacial score (nSPS) is 15.6. The molecule has 7 heteroatoms. The van der Waals surface area contributed by atoms with Crippen molar-refractivity contribution in [3.63, 3.8) is 0 Å². The third-order valence-corrected chi connectivity index (χ3v) is 6.00. The second-order valence-corrected chi connectivity index (χ2v) is 7.82. The van der Waals surface area contributed by atoms with Gasteiger partial charge < -0.3 is 20.1 Å². The number of hydrogen-bond donors (Lipinski definition) is 2. The van der Waals surface area contributed by atoms with E-state index < -0.39 is 0 Å². The molecule has 0 saturated heterocycles. The van der Waals surface area contributed by atoms with Crippen LogP contribution < -0.4 is 20.1 Å². The van der Waals surface area contributed by atoms with Gasteiger partial charge in [0, 0.05) is 49.4 Å². The molecule has 0 radical (unpaired) electrons. The fraction of sp³-hybridized carbons (Fsp3) is 0.476. The second kappa shape index (κ2) is 9.80. The molecule has 0 bridgehead atoms. The summed E-state index contributed by atoms with van der Waals surface area (Å²) in [6, 6.07) is 8.46. The van der Waals surface area contributed by atoms with Crippen LogP contribution in [0.2, 0.25) is 0 Å². The molecule has 2 heterocycles. The molecule has 3 rings (SSSR count). The van der Waals surface area contributed by atoms with Crippen molar-refractivity contribution in [1.29, 1.82) is 0 Å². The van der Waals surface area contributed by atoms with Gasteiger partial charge in [-0.25, -0.2) is 0 Å². The average molecular weight is 403 g/mol. The Morgan fingerprint density at radius 1 is 1.32 bits per heavy atom. The van der Waals surface area contributed by atoms with E-state index in [9.17, 15) is 0 Å². The van der Waals surface area contributed by atoms with Crippen LogP contribution in [-0.2, 0) is 13.0 Å². The zero-order valence-electron chi connectivity index (χ0n) is 17.1. The van der Waals surface area contributed by atoms with Crippen LogP contribution >= 0.6 is 11.3 Å². The maximum absolute atomic E-state index is 5.65. The summed E-state index contributed by atoms with van der Waals surface area (Å²) >= 11 is 1.88. The first-order valence-electron chi connectivity index (χ1n) is 9.72. The largest absolute Gasteiger partial charge is 0.493 e. The Hall–Kier alpha value is -2.25. The van der Waals surface area contributed by atoms with Gasteiger partial charge in [-0.3, -0.25) is 9.89 Å². The van der Waals surface area contributed by atoms with Gasteiger partial charge in [-0.1, -0.05) is 0 Å². The minimum absolute atomic E-state index is 0.418. The van der Waals surface area contributed by atoms with Crippen LogP contribution in [-0.4, -0.2) is 50.8 Å². The summed E-state index contributed by atoms with van der Waals surface area (Å²) < 4.78 is 11.0. The van der Waals surface area contributed by atoms with Gasteiger partial charge >= 0.3 is 0 Å². The summed E-state index contributed by atoms with van der Waals surface area (Å²) in [6.45, 7) is 7.78. The summed E-state index contributed by atoms with van der Waals surface area (Å²) in [5, 5.41) is 8.98. The van der Waals surface area contributed by atoms with Gasteiger partial charge in [0.05, 0.1) is 13.7 Å². The molecule has 152 valence electrons. The van der Waals surface area contributed by atoms with Crippen LogP contribution in [0.5, 0.6) is 11.5 Å². The lowest BCUT2D eigenvalue weighted by atomic mass is 10.1. The Balaban J connectivity index is 1.55. The molecule has 0 amide bonds. The van der Waals surface area contributed by atoms with E-state index in [1.165, 1.54) is 5.56 Å². The Labute approximate surface area is 171 Å². The Bertz CT molecular complexity index is 805. The van der Waals surface area contributed by atoms with Crippen molar-refractivity contribution in [2.75, 3.05) is 39.2 Å². The number of guanidine groups is 1. The summed E-state index contributed by atoms with van der Waals surface area (Å²) in [6.07, 6.45) is 1.15. The highest BCUT2D eigenvalue weighted by molar-refractivity contribution is 7.10. The highest BCUT2D eigenvalue weighted by atomic mass is 32.1. The van der Waals surface area contributed by atoms with Gasteiger partial charge in [-0.05, 0) is 49.4 Å². The van der Waals surface area contributed by atoms with Crippen LogP contribution in [0.1, 0.15) is 24.3 Å². The molecule has 0 spiro atoms. The van der Waals surface area contributed by atoms with Crippen LogP contribution in [0.4, 0.5) is 5.69 Å². The van der Waals surface area contributed by atoms with Crippen molar-refractivity contribution in [1.82, 2.24) is 10.2 Å². The van der Waals surface area contributed by atoms with E-state index >= 15 is 0 Å². The highest BCUT2D eigenvalue weighted by Crippen LogP contribution is 2.30. The van der Waals surface area contributed by atoms with Gasteiger partial charge in [0.15, 0.2) is 17.5 Å². The molecule has 1 aliphatic heterocycles. The predicted molar refractivity (Wildman–Crippen MR) is 117 cm³/mol. The molecule has 1 aromatic heterocycles. The van der Waals surface area contributed by atoms with E-state index in [-0.39, 0.29) is 0 Å². The highest BCUT2D eigenvalue weighted by Gasteiger charge is 2.21. The van der Waals surface area contributed by atoms with E-state index in [2.05, 4.69) is 38.9 Å². The van der Waals surface area contributed by atoms with Gasteiger partial charge in [0.25, 0.3) is 0 Å². The monoisotopic (exact) mass is 402 g/mol. The number of anilines is 1. The first kappa shape index (κ1) is 20.5. The SMILES string of the molecule is CCOc1cc(NC(=NC)NCC(C)N2CCc3sccc3C2)ccc1OC. The number of nitrogens with zero attached hydrogens (tertiary/aromatic N) is 2. The number of hydrogen-bond acceptors (Lipinski definition) is 5. The molecule has 6 nitrogen and oxygen atoms in total. The Morgan fingerprint density at radius 3 is 2.93 bits per heavy atom. The summed E-state index contributed by atoms with van der Waals surface area (Å²) in [5.41, 5.74) is 2.39. The Kier molecular flexibility index (Phi) is 7.17.